The Morgan fingerprint density at radius 2 is 1.96 bits per heavy atom. The highest BCUT2D eigenvalue weighted by atomic mass is 35.5. The molecule has 2 aliphatic heterocycles. The van der Waals surface area contributed by atoms with Gasteiger partial charge < -0.3 is 10.3 Å². The maximum Gasteiger partial charge on any atom is 0.183 e. The maximum atomic E-state index is 9.24. The molecule has 0 saturated carbocycles. The summed E-state index contributed by atoms with van der Waals surface area (Å²) in [6.45, 7) is 5.53. The Kier molecular flexibility index (Phi) is 5.30. The van der Waals surface area contributed by atoms with Gasteiger partial charge in [0, 0.05) is 55.8 Å². The van der Waals surface area contributed by atoms with Gasteiger partial charge in [-0.1, -0.05) is 17.7 Å². The standard InChI is InChI=1S/C19H21ClN8/c1-14(18-13-28(25-24-18)16-4-2-3-15(20)11-16)26-7-9-27(10-8-26)19-17(12-21)22-5-6-23-19/h2-6,11,13-14,24-25H,7-10H2,1H3. The number of nitrogens with zero attached hydrogens (tertiary/aromatic N) is 6. The fraction of sp³-hybridized carbons (Fsp3) is 0.316. The molecule has 9 heteroatoms. The fourth-order valence-electron chi connectivity index (χ4n) is 3.46. The second kappa shape index (κ2) is 8.02. The quantitative estimate of drug-likeness (QED) is 0.810. The van der Waals surface area contributed by atoms with Crippen LogP contribution in [0.1, 0.15) is 12.6 Å². The number of anilines is 2. The highest BCUT2D eigenvalue weighted by Crippen LogP contribution is 2.23. The van der Waals surface area contributed by atoms with E-state index in [4.69, 9.17) is 11.6 Å². The van der Waals surface area contributed by atoms with E-state index in [0.717, 1.165) is 37.6 Å². The molecule has 2 N–H and O–H groups in total. The SMILES string of the molecule is CC(C1=CN(c2cccc(Cl)c2)NN1)N1CCN(c2nccnc2C#N)CC1. The number of halogens is 1. The van der Waals surface area contributed by atoms with E-state index in [0.29, 0.717) is 16.5 Å². The minimum atomic E-state index is 0.219. The van der Waals surface area contributed by atoms with Crippen LogP contribution in [0.5, 0.6) is 0 Å². The van der Waals surface area contributed by atoms with Crippen molar-refractivity contribution in [3.05, 3.63) is 59.3 Å². The lowest BCUT2D eigenvalue weighted by Gasteiger charge is -2.38. The maximum absolute atomic E-state index is 9.24. The lowest BCUT2D eigenvalue weighted by molar-refractivity contribution is 0.213. The van der Waals surface area contributed by atoms with Crippen LogP contribution in [0.2, 0.25) is 5.02 Å². The summed E-state index contributed by atoms with van der Waals surface area (Å²) < 4.78 is 0. The molecule has 1 unspecified atom stereocenters. The molecular weight excluding hydrogens is 376 g/mol. The summed E-state index contributed by atoms with van der Waals surface area (Å²) in [4.78, 5) is 13.0. The number of hydrogen-bond acceptors (Lipinski definition) is 8. The lowest BCUT2D eigenvalue weighted by Crippen LogP contribution is -2.51. The van der Waals surface area contributed by atoms with Crippen molar-refractivity contribution in [2.75, 3.05) is 36.1 Å². The molecule has 0 aliphatic carbocycles. The topological polar surface area (TPSA) is 83.3 Å². The van der Waals surface area contributed by atoms with Gasteiger partial charge in [0.25, 0.3) is 0 Å². The fourth-order valence-corrected chi connectivity index (χ4v) is 3.65. The first-order valence-corrected chi connectivity index (χ1v) is 9.52. The van der Waals surface area contributed by atoms with Gasteiger partial charge in [0.15, 0.2) is 11.5 Å². The molecular formula is C19H21ClN8. The molecule has 144 valence electrons. The average molecular weight is 397 g/mol. The van der Waals surface area contributed by atoms with Crippen LogP contribution >= 0.6 is 11.6 Å². The zero-order valence-electron chi connectivity index (χ0n) is 15.5. The van der Waals surface area contributed by atoms with E-state index in [1.807, 2.05) is 29.3 Å². The lowest BCUT2D eigenvalue weighted by atomic mass is 10.2. The van der Waals surface area contributed by atoms with Gasteiger partial charge in [0.05, 0.1) is 11.4 Å². The van der Waals surface area contributed by atoms with Crippen LogP contribution in [-0.4, -0.2) is 47.1 Å². The molecule has 8 nitrogen and oxygen atoms in total. The summed E-state index contributed by atoms with van der Waals surface area (Å²) in [5.41, 5.74) is 8.86. The Hall–Kier alpha value is -2.86. The van der Waals surface area contributed by atoms with Crippen molar-refractivity contribution < 1.29 is 0 Å². The zero-order chi connectivity index (χ0) is 19.5. The normalized spacial score (nSPS) is 18.4. The van der Waals surface area contributed by atoms with Gasteiger partial charge in [-0.3, -0.25) is 9.91 Å². The summed E-state index contributed by atoms with van der Waals surface area (Å²) in [5, 5.41) is 11.9. The van der Waals surface area contributed by atoms with Crippen LogP contribution in [-0.2, 0) is 0 Å². The molecule has 1 aromatic carbocycles. The first-order valence-electron chi connectivity index (χ1n) is 9.14. The molecule has 2 aromatic rings. The molecule has 4 rings (SSSR count). The van der Waals surface area contributed by atoms with Gasteiger partial charge in [-0.15, -0.1) is 5.53 Å². The van der Waals surface area contributed by atoms with Crippen molar-refractivity contribution in [1.82, 2.24) is 25.8 Å². The molecule has 1 atom stereocenters. The Labute approximate surface area is 169 Å². The summed E-state index contributed by atoms with van der Waals surface area (Å²) in [5.74, 6) is 0.671. The van der Waals surface area contributed by atoms with Crippen LogP contribution in [0, 0.1) is 11.3 Å². The van der Waals surface area contributed by atoms with E-state index in [1.54, 1.807) is 12.4 Å². The number of piperazine rings is 1. The number of benzene rings is 1. The predicted octanol–water partition coefficient (Wildman–Crippen LogP) is 1.88. The number of nitriles is 1. The molecule has 1 fully saturated rings. The second-order valence-corrected chi connectivity index (χ2v) is 7.15. The van der Waals surface area contributed by atoms with E-state index in [2.05, 4.69) is 49.9 Å². The van der Waals surface area contributed by atoms with E-state index in [9.17, 15) is 5.26 Å². The van der Waals surface area contributed by atoms with Crippen molar-refractivity contribution in [2.45, 2.75) is 13.0 Å². The Morgan fingerprint density at radius 3 is 2.71 bits per heavy atom. The highest BCUT2D eigenvalue weighted by molar-refractivity contribution is 6.30. The van der Waals surface area contributed by atoms with Gasteiger partial charge in [-0.05, 0) is 25.1 Å². The molecule has 3 heterocycles. The van der Waals surface area contributed by atoms with Crippen LogP contribution in [0.4, 0.5) is 11.5 Å². The Balaban J connectivity index is 1.40. The van der Waals surface area contributed by atoms with Crippen molar-refractivity contribution in [3.63, 3.8) is 0 Å². The van der Waals surface area contributed by atoms with E-state index in [1.165, 1.54) is 0 Å². The minimum Gasteiger partial charge on any atom is -0.352 e. The molecule has 28 heavy (non-hydrogen) atoms. The smallest absolute Gasteiger partial charge is 0.183 e. The zero-order valence-corrected chi connectivity index (χ0v) is 16.3. The third-order valence-corrected chi connectivity index (χ3v) is 5.31. The van der Waals surface area contributed by atoms with Gasteiger partial charge in [0.1, 0.15) is 6.07 Å². The highest BCUT2D eigenvalue weighted by Gasteiger charge is 2.27. The van der Waals surface area contributed by atoms with Crippen LogP contribution in [0.3, 0.4) is 0 Å². The summed E-state index contributed by atoms with van der Waals surface area (Å²) in [7, 11) is 0. The van der Waals surface area contributed by atoms with Crippen molar-refractivity contribution in [1.29, 1.82) is 5.26 Å². The van der Waals surface area contributed by atoms with Gasteiger partial charge in [0.2, 0.25) is 0 Å². The Bertz CT molecular complexity index is 916. The third kappa shape index (κ3) is 3.73. The van der Waals surface area contributed by atoms with Crippen molar-refractivity contribution in [3.8, 4) is 6.07 Å². The number of hydrogen-bond donors (Lipinski definition) is 2. The Morgan fingerprint density at radius 1 is 1.18 bits per heavy atom. The molecule has 0 amide bonds. The molecule has 1 saturated heterocycles. The second-order valence-electron chi connectivity index (χ2n) is 6.71. The summed E-state index contributed by atoms with van der Waals surface area (Å²) in [6, 6.07) is 10.0. The van der Waals surface area contributed by atoms with E-state index >= 15 is 0 Å². The van der Waals surface area contributed by atoms with Crippen molar-refractivity contribution in [2.24, 2.45) is 0 Å². The number of aromatic nitrogens is 2. The van der Waals surface area contributed by atoms with Gasteiger partial charge >= 0.3 is 0 Å². The number of nitrogens with one attached hydrogen (secondary N) is 2. The first kappa shape index (κ1) is 18.5. The molecule has 0 spiro atoms. The van der Waals surface area contributed by atoms with Gasteiger partial charge in [-0.2, -0.15) is 5.26 Å². The molecule has 2 aliphatic rings. The van der Waals surface area contributed by atoms with Crippen LogP contribution in [0.25, 0.3) is 0 Å². The predicted molar refractivity (Wildman–Crippen MR) is 108 cm³/mol. The van der Waals surface area contributed by atoms with Crippen LogP contribution in [0.15, 0.2) is 48.6 Å². The first-order chi connectivity index (χ1) is 13.7. The largest absolute Gasteiger partial charge is 0.352 e. The number of rotatable bonds is 4. The minimum absolute atomic E-state index is 0.219. The molecule has 1 aromatic heterocycles. The molecule has 0 radical (unpaired) electrons. The third-order valence-electron chi connectivity index (χ3n) is 5.07. The van der Waals surface area contributed by atoms with Gasteiger partial charge in [-0.25, -0.2) is 9.97 Å². The average Bonchev–Trinajstić information content (AvgIpc) is 3.24. The molecule has 0 bridgehead atoms. The number of hydrazine groups is 2. The monoisotopic (exact) mass is 396 g/mol. The van der Waals surface area contributed by atoms with Crippen molar-refractivity contribution >= 4 is 23.1 Å². The summed E-state index contributed by atoms with van der Waals surface area (Å²) >= 11 is 6.09. The van der Waals surface area contributed by atoms with E-state index in [-0.39, 0.29) is 6.04 Å². The van der Waals surface area contributed by atoms with E-state index < -0.39 is 0 Å². The summed E-state index contributed by atoms with van der Waals surface area (Å²) in [6.07, 6.45) is 5.24. The van der Waals surface area contributed by atoms with Crippen LogP contribution < -0.4 is 20.9 Å².